The van der Waals surface area contributed by atoms with Crippen LogP contribution in [0.5, 0.6) is 0 Å². The number of rotatable bonds is 1. The van der Waals surface area contributed by atoms with E-state index in [0.29, 0.717) is 0 Å². The van der Waals surface area contributed by atoms with E-state index in [1.807, 2.05) is 48.5 Å². The number of hydrogen-bond donors (Lipinski definition) is 1. The first-order valence-electron chi connectivity index (χ1n) is 3.56. The van der Waals surface area contributed by atoms with E-state index in [1.54, 1.807) is 6.20 Å². The molecule has 11 heavy (non-hydrogen) atoms. The van der Waals surface area contributed by atoms with Crippen molar-refractivity contribution < 1.29 is 0 Å². The van der Waals surface area contributed by atoms with Gasteiger partial charge in [-0.15, -0.1) is 0 Å². The number of nitrogens with zero attached hydrogens (tertiary/aromatic N) is 1. The second-order valence-electron chi connectivity index (χ2n) is 2.18. The Bertz CT molecular complexity index is 234. The minimum absolute atomic E-state index is 0.991. The van der Waals surface area contributed by atoms with Crippen LogP contribution in [0.1, 0.15) is 6.92 Å². The van der Waals surface area contributed by atoms with Crippen LogP contribution >= 0.6 is 0 Å². The molecular weight excluding hydrogens is 136 g/mol. The molecule has 58 valence electrons. The first kappa shape index (κ1) is 7.66. The van der Waals surface area contributed by atoms with Gasteiger partial charge in [0.15, 0.2) is 0 Å². The molecule has 0 aromatic rings. The molecule has 0 atom stereocenters. The van der Waals surface area contributed by atoms with Crippen molar-refractivity contribution in [1.29, 1.82) is 0 Å². The second kappa shape index (κ2) is 3.66. The fourth-order valence-electron chi connectivity index (χ4n) is 0.907. The summed E-state index contributed by atoms with van der Waals surface area (Å²) < 4.78 is 0. The molecule has 1 aliphatic heterocycles. The third kappa shape index (κ3) is 1.74. The normalized spacial score (nSPS) is 20.5. The van der Waals surface area contributed by atoms with Crippen LogP contribution in [-0.2, 0) is 0 Å². The van der Waals surface area contributed by atoms with Crippen molar-refractivity contribution in [2.24, 2.45) is 5.73 Å². The molecule has 0 saturated heterocycles. The van der Waals surface area contributed by atoms with E-state index in [-0.39, 0.29) is 0 Å². The Hall–Kier alpha value is -1.44. The molecule has 1 rings (SSSR count). The Morgan fingerprint density at radius 1 is 1.45 bits per heavy atom. The largest absolute Gasteiger partial charge is 0.403 e. The van der Waals surface area contributed by atoms with Crippen LogP contribution in [0.15, 0.2) is 48.6 Å². The predicted molar refractivity (Wildman–Crippen MR) is 47.2 cm³/mol. The fourth-order valence-corrected chi connectivity index (χ4v) is 0.907. The van der Waals surface area contributed by atoms with E-state index in [4.69, 9.17) is 5.73 Å². The summed E-state index contributed by atoms with van der Waals surface area (Å²) in [7, 11) is 0. The minimum Gasteiger partial charge on any atom is -0.403 e. The topological polar surface area (TPSA) is 29.3 Å². The molecule has 0 saturated carbocycles. The van der Waals surface area contributed by atoms with Crippen molar-refractivity contribution in [3.63, 3.8) is 0 Å². The van der Waals surface area contributed by atoms with Gasteiger partial charge in [-0.25, -0.2) is 0 Å². The first-order chi connectivity index (χ1) is 5.38. The van der Waals surface area contributed by atoms with Crippen molar-refractivity contribution in [2.45, 2.75) is 6.92 Å². The van der Waals surface area contributed by atoms with Gasteiger partial charge in [-0.2, -0.15) is 0 Å². The molecule has 0 amide bonds. The van der Waals surface area contributed by atoms with Crippen molar-refractivity contribution in [1.82, 2.24) is 4.90 Å². The molecule has 0 aliphatic carbocycles. The summed E-state index contributed by atoms with van der Waals surface area (Å²) in [4.78, 5) is 1.96. The lowest BCUT2D eigenvalue weighted by Crippen LogP contribution is -2.10. The molecule has 1 heterocycles. The van der Waals surface area contributed by atoms with Crippen molar-refractivity contribution in [3.05, 3.63) is 48.6 Å². The molecule has 0 spiro atoms. The van der Waals surface area contributed by atoms with Gasteiger partial charge in [0.2, 0.25) is 0 Å². The molecule has 0 unspecified atom stereocenters. The van der Waals surface area contributed by atoms with Gasteiger partial charge in [0.25, 0.3) is 0 Å². The average molecular weight is 148 g/mol. The van der Waals surface area contributed by atoms with Crippen molar-refractivity contribution in [2.75, 3.05) is 0 Å². The van der Waals surface area contributed by atoms with E-state index in [9.17, 15) is 0 Å². The van der Waals surface area contributed by atoms with Gasteiger partial charge in [0.05, 0.1) is 5.70 Å². The van der Waals surface area contributed by atoms with Crippen LogP contribution in [0.4, 0.5) is 0 Å². The maximum absolute atomic E-state index is 5.40. The third-order valence-electron chi connectivity index (χ3n) is 1.40. The highest BCUT2D eigenvalue weighted by Gasteiger charge is 1.99. The molecule has 0 aromatic carbocycles. The van der Waals surface area contributed by atoms with Gasteiger partial charge in [-0.1, -0.05) is 12.2 Å². The molecule has 2 heteroatoms. The van der Waals surface area contributed by atoms with Crippen LogP contribution in [0.3, 0.4) is 0 Å². The van der Waals surface area contributed by atoms with Crippen LogP contribution in [0.2, 0.25) is 0 Å². The highest BCUT2D eigenvalue weighted by atomic mass is 15.1. The van der Waals surface area contributed by atoms with Gasteiger partial charge in [0, 0.05) is 18.6 Å². The van der Waals surface area contributed by atoms with E-state index in [1.165, 1.54) is 0 Å². The summed E-state index contributed by atoms with van der Waals surface area (Å²) in [6.45, 7) is 1.97. The predicted octanol–water partition coefficient (Wildman–Crippen LogP) is 1.71. The molecule has 0 bridgehead atoms. The van der Waals surface area contributed by atoms with Crippen LogP contribution < -0.4 is 5.73 Å². The van der Waals surface area contributed by atoms with E-state index < -0.39 is 0 Å². The van der Waals surface area contributed by atoms with Gasteiger partial charge in [0.1, 0.15) is 0 Å². The fraction of sp³-hybridized carbons (Fsp3) is 0.111. The zero-order valence-electron chi connectivity index (χ0n) is 6.57. The molecule has 0 radical (unpaired) electrons. The Kier molecular flexibility index (Phi) is 2.55. The molecule has 0 fully saturated rings. The smallest absolute Gasteiger partial charge is 0.0604 e. The molecule has 1 aliphatic rings. The standard InChI is InChI=1S/C9H12N2/c1-2-6-11-7-4-3-5-9(11)8-10/h2-8H,10H2,1H3/b6-2-,9-8-. The summed E-state index contributed by atoms with van der Waals surface area (Å²) in [5.41, 5.74) is 6.39. The zero-order chi connectivity index (χ0) is 8.10. The van der Waals surface area contributed by atoms with E-state index >= 15 is 0 Å². The first-order valence-corrected chi connectivity index (χ1v) is 3.56. The van der Waals surface area contributed by atoms with Crippen molar-refractivity contribution in [3.8, 4) is 0 Å². The summed E-state index contributed by atoms with van der Waals surface area (Å²) in [5, 5.41) is 0. The molecule has 0 aromatic heterocycles. The lowest BCUT2D eigenvalue weighted by atomic mass is 10.3. The van der Waals surface area contributed by atoms with E-state index in [0.717, 1.165) is 5.70 Å². The Labute approximate surface area is 67.0 Å². The molecule has 2 N–H and O–H groups in total. The highest BCUT2D eigenvalue weighted by Crippen LogP contribution is 2.10. The quantitative estimate of drug-likeness (QED) is 0.613. The van der Waals surface area contributed by atoms with Crippen LogP contribution in [-0.4, -0.2) is 4.90 Å². The monoisotopic (exact) mass is 148 g/mol. The summed E-state index contributed by atoms with van der Waals surface area (Å²) in [6, 6.07) is 0. The van der Waals surface area contributed by atoms with Crippen molar-refractivity contribution >= 4 is 0 Å². The lowest BCUT2D eigenvalue weighted by Gasteiger charge is -2.17. The zero-order valence-corrected chi connectivity index (χ0v) is 6.57. The average Bonchev–Trinajstić information content (AvgIpc) is 2.06. The number of nitrogens with two attached hydrogens (primary N) is 1. The van der Waals surface area contributed by atoms with Gasteiger partial charge in [-0.05, 0) is 19.1 Å². The number of allylic oxidation sites excluding steroid dienone is 4. The Balaban J connectivity index is 2.79. The van der Waals surface area contributed by atoms with Crippen LogP contribution in [0.25, 0.3) is 0 Å². The lowest BCUT2D eigenvalue weighted by molar-refractivity contribution is 0.642. The highest BCUT2D eigenvalue weighted by molar-refractivity contribution is 5.28. The van der Waals surface area contributed by atoms with Gasteiger partial charge in [-0.3, -0.25) is 0 Å². The summed E-state index contributed by atoms with van der Waals surface area (Å²) in [6.07, 6.45) is 13.3. The summed E-state index contributed by atoms with van der Waals surface area (Å²) in [5.74, 6) is 0. The molecular formula is C9H12N2. The van der Waals surface area contributed by atoms with Crippen LogP contribution in [0, 0.1) is 0 Å². The third-order valence-corrected chi connectivity index (χ3v) is 1.40. The number of hydrogen-bond acceptors (Lipinski definition) is 2. The molecule has 2 nitrogen and oxygen atoms in total. The second-order valence-corrected chi connectivity index (χ2v) is 2.18. The van der Waals surface area contributed by atoms with Gasteiger partial charge < -0.3 is 10.6 Å². The van der Waals surface area contributed by atoms with Gasteiger partial charge >= 0.3 is 0 Å². The maximum atomic E-state index is 5.40. The SMILES string of the molecule is C/C=C\N1C=CC=C/C1=C/N. The van der Waals surface area contributed by atoms with E-state index in [2.05, 4.69) is 0 Å². The Morgan fingerprint density at radius 2 is 2.27 bits per heavy atom. The maximum Gasteiger partial charge on any atom is 0.0604 e. The Morgan fingerprint density at radius 3 is 2.91 bits per heavy atom. The summed E-state index contributed by atoms with van der Waals surface area (Å²) >= 11 is 0. The minimum atomic E-state index is 0.991.